The van der Waals surface area contributed by atoms with Crippen molar-refractivity contribution in [2.75, 3.05) is 0 Å². The van der Waals surface area contributed by atoms with Gasteiger partial charge in [0.15, 0.2) is 0 Å². The van der Waals surface area contributed by atoms with Gasteiger partial charge in [-0.05, 0) is 13.8 Å². The number of terminal acetylenes is 1. The minimum absolute atomic E-state index is 0.371. The molecule has 0 atom stereocenters. The van der Waals surface area contributed by atoms with E-state index in [2.05, 4.69) is 10.7 Å². The lowest BCUT2D eigenvalue weighted by Gasteiger charge is -2.20. The van der Waals surface area contributed by atoms with Crippen molar-refractivity contribution in [1.82, 2.24) is 0 Å². The molecule has 0 radical (unpaired) electrons. The number of carbonyl (C=O) groups is 1. The number of hydrogen-bond donors (Lipinski definition) is 1. The first-order chi connectivity index (χ1) is 4.48. The summed E-state index contributed by atoms with van der Waals surface area (Å²) in [4.78, 5) is 10.2. The average Bonchev–Trinajstić information content (AvgIpc) is 1.59. The number of amides is 1. The van der Waals surface area contributed by atoms with Crippen molar-refractivity contribution >= 4 is 6.09 Å². The molecule has 0 spiro atoms. The van der Waals surface area contributed by atoms with Crippen LogP contribution >= 0.6 is 0 Å². The zero-order valence-corrected chi connectivity index (χ0v) is 6.18. The minimum Gasteiger partial charge on any atom is -0.443 e. The molecule has 0 aliphatic carbocycles. The van der Waals surface area contributed by atoms with Crippen LogP contribution in [-0.2, 0) is 4.74 Å². The lowest BCUT2D eigenvalue weighted by Crippen LogP contribution is -2.30. The SMILES string of the molecule is C#CCC(C)(C)OC(N)=O. The van der Waals surface area contributed by atoms with E-state index in [0.29, 0.717) is 6.42 Å². The summed E-state index contributed by atoms with van der Waals surface area (Å²) in [6, 6.07) is 0. The molecule has 0 saturated heterocycles. The van der Waals surface area contributed by atoms with E-state index in [4.69, 9.17) is 12.2 Å². The molecule has 0 heterocycles. The number of carbonyl (C=O) groups excluding carboxylic acids is 1. The number of primary amides is 1. The Balaban J connectivity index is 3.89. The highest BCUT2D eigenvalue weighted by molar-refractivity contribution is 5.65. The topological polar surface area (TPSA) is 52.3 Å². The summed E-state index contributed by atoms with van der Waals surface area (Å²) in [6.45, 7) is 3.41. The fourth-order valence-electron chi connectivity index (χ4n) is 0.554. The van der Waals surface area contributed by atoms with Crippen molar-refractivity contribution in [2.45, 2.75) is 25.9 Å². The first-order valence-electron chi connectivity index (χ1n) is 2.90. The summed E-state index contributed by atoms with van der Waals surface area (Å²) in [5, 5.41) is 0. The van der Waals surface area contributed by atoms with Crippen LogP contribution in [0.1, 0.15) is 20.3 Å². The average molecular weight is 141 g/mol. The lowest BCUT2D eigenvalue weighted by molar-refractivity contribution is 0.0496. The molecule has 0 aromatic heterocycles. The van der Waals surface area contributed by atoms with E-state index in [1.165, 1.54) is 0 Å². The molecule has 0 saturated carbocycles. The maximum absolute atomic E-state index is 10.2. The van der Waals surface area contributed by atoms with Crippen molar-refractivity contribution in [3.05, 3.63) is 0 Å². The molecule has 0 rings (SSSR count). The first-order valence-corrected chi connectivity index (χ1v) is 2.90. The van der Waals surface area contributed by atoms with Gasteiger partial charge in [0.05, 0.1) is 0 Å². The van der Waals surface area contributed by atoms with E-state index in [1.807, 2.05) is 0 Å². The van der Waals surface area contributed by atoms with E-state index in [-0.39, 0.29) is 0 Å². The third kappa shape index (κ3) is 3.79. The Morgan fingerprint density at radius 1 is 1.80 bits per heavy atom. The zero-order chi connectivity index (χ0) is 8.20. The normalized spacial score (nSPS) is 10.1. The Bertz CT molecular complexity index is 167. The third-order valence-electron chi connectivity index (χ3n) is 0.905. The molecule has 3 nitrogen and oxygen atoms in total. The fraction of sp³-hybridized carbons (Fsp3) is 0.571. The molecule has 3 heteroatoms. The first kappa shape index (κ1) is 8.83. The van der Waals surface area contributed by atoms with Crippen molar-refractivity contribution in [3.63, 3.8) is 0 Å². The second kappa shape index (κ2) is 3.11. The zero-order valence-electron chi connectivity index (χ0n) is 6.18. The minimum atomic E-state index is -0.791. The summed E-state index contributed by atoms with van der Waals surface area (Å²) in [5.41, 5.74) is 4.14. The molecule has 2 N–H and O–H groups in total. The Morgan fingerprint density at radius 3 is 2.60 bits per heavy atom. The van der Waals surface area contributed by atoms with Crippen molar-refractivity contribution in [1.29, 1.82) is 0 Å². The summed E-state index contributed by atoms with van der Waals surface area (Å²) in [5.74, 6) is 2.38. The highest BCUT2D eigenvalue weighted by Crippen LogP contribution is 2.12. The van der Waals surface area contributed by atoms with Gasteiger partial charge in [-0.1, -0.05) is 0 Å². The summed E-state index contributed by atoms with van der Waals surface area (Å²) < 4.78 is 4.67. The maximum atomic E-state index is 10.2. The van der Waals surface area contributed by atoms with Crippen LogP contribution in [-0.4, -0.2) is 11.7 Å². The van der Waals surface area contributed by atoms with Crippen molar-refractivity contribution in [2.24, 2.45) is 5.73 Å². The highest BCUT2D eigenvalue weighted by Gasteiger charge is 2.19. The second-order valence-electron chi connectivity index (χ2n) is 2.56. The fourth-order valence-corrected chi connectivity index (χ4v) is 0.554. The molecular formula is C7H11NO2. The molecule has 0 aromatic rings. The van der Waals surface area contributed by atoms with Crippen LogP contribution in [0, 0.1) is 12.3 Å². The van der Waals surface area contributed by atoms with Gasteiger partial charge in [-0.15, -0.1) is 12.3 Å². The molecule has 0 aliphatic heterocycles. The van der Waals surface area contributed by atoms with Gasteiger partial charge in [-0.3, -0.25) is 0 Å². The summed E-state index contributed by atoms with van der Waals surface area (Å²) in [7, 11) is 0. The quantitative estimate of drug-likeness (QED) is 0.580. The van der Waals surface area contributed by atoms with Crippen LogP contribution in [0.25, 0.3) is 0 Å². The Kier molecular flexibility index (Phi) is 2.75. The standard InChI is InChI=1S/C7H11NO2/c1-4-5-7(2,3)10-6(8)9/h1H,5H2,2-3H3,(H2,8,9). The van der Waals surface area contributed by atoms with Crippen LogP contribution in [0.4, 0.5) is 4.79 Å². The van der Waals surface area contributed by atoms with Crippen LogP contribution in [0.15, 0.2) is 0 Å². The molecule has 0 fully saturated rings. The smallest absolute Gasteiger partial charge is 0.405 e. The van der Waals surface area contributed by atoms with Crippen LogP contribution in [0.3, 0.4) is 0 Å². The molecule has 1 amide bonds. The predicted molar refractivity (Wildman–Crippen MR) is 38.2 cm³/mol. The summed E-state index contributed by atoms with van der Waals surface area (Å²) >= 11 is 0. The maximum Gasteiger partial charge on any atom is 0.405 e. The number of rotatable bonds is 2. The number of hydrogen-bond acceptors (Lipinski definition) is 2. The van der Waals surface area contributed by atoms with E-state index in [1.54, 1.807) is 13.8 Å². The van der Waals surface area contributed by atoms with Crippen LogP contribution in [0.5, 0.6) is 0 Å². The van der Waals surface area contributed by atoms with Gasteiger partial charge in [0.25, 0.3) is 0 Å². The lowest BCUT2D eigenvalue weighted by atomic mass is 10.1. The number of ether oxygens (including phenoxy) is 1. The third-order valence-corrected chi connectivity index (χ3v) is 0.905. The molecule has 0 aliphatic rings. The highest BCUT2D eigenvalue weighted by atomic mass is 16.6. The largest absolute Gasteiger partial charge is 0.443 e. The van der Waals surface area contributed by atoms with E-state index < -0.39 is 11.7 Å². The molecular weight excluding hydrogens is 130 g/mol. The van der Waals surface area contributed by atoms with Crippen molar-refractivity contribution in [3.8, 4) is 12.3 Å². The van der Waals surface area contributed by atoms with Gasteiger partial charge >= 0.3 is 6.09 Å². The molecule has 0 bridgehead atoms. The van der Waals surface area contributed by atoms with Gasteiger partial charge in [0, 0.05) is 6.42 Å². The van der Waals surface area contributed by atoms with Crippen LogP contribution < -0.4 is 5.73 Å². The Hall–Kier alpha value is -1.17. The monoisotopic (exact) mass is 141 g/mol. The van der Waals surface area contributed by atoms with Crippen LogP contribution in [0.2, 0.25) is 0 Å². The van der Waals surface area contributed by atoms with E-state index >= 15 is 0 Å². The molecule has 56 valence electrons. The molecule has 0 unspecified atom stereocenters. The Morgan fingerprint density at radius 2 is 2.30 bits per heavy atom. The molecule has 10 heavy (non-hydrogen) atoms. The van der Waals surface area contributed by atoms with Crippen molar-refractivity contribution < 1.29 is 9.53 Å². The van der Waals surface area contributed by atoms with Gasteiger partial charge in [-0.25, -0.2) is 4.79 Å². The predicted octanol–water partition coefficient (Wildman–Crippen LogP) is 0.884. The van der Waals surface area contributed by atoms with E-state index in [0.717, 1.165) is 0 Å². The second-order valence-corrected chi connectivity index (χ2v) is 2.56. The van der Waals surface area contributed by atoms with Gasteiger partial charge in [0.2, 0.25) is 0 Å². The summed E-state index contributed by atoms with van der Waals surface area (Å²) in [6.07, 6.45) is 4.59. The van der Waals surface area contributed by atoms with Gasteiger partial charge < -0.3 is 10.5 Å². The van der Waals surface area contributed by atoms with E-state index in [9.17, 15) is 4.79 Å². The number of nitrogens with two attached hydrogens (primary N) is 1. The van der Waals surface area contributed by atoms with Gasteiger partial charge in [-0.2, -0.15) is 0 Å². The molecule has 0 aromatic carbocycles. The van der Waals surface area contributed by atoms with Gasteiger partial charge in [0.1, 0.15) is 5.60 Å². The Labute approximate surface area is 60.5 Å².